The van der Waals surface area contributed by atoms with Crippen LogP contribution in [-0.4, -0.2) is 36.3 Å². The second-order valence-corrected chi connectivity index (χ2v) is 7.59. The van der Waals surface area contributed by atoms with E-state index in [0.717, 1.165) is 16.7 Å². The van der Waals surface area contributed by atoms with Crippen molar-refractivity contribution in [2.24, 2.45) is 0 Å². The summed E-state index contributed by atoms with van der Waals surface area (Å²) in [5.41, 5.74) is 3.16. The van der Waals surface area contributed by atoms with Gasteiger partial charge in [-0.15, -0.1) is 0 Å². The van der Waals surface area contributed by atoms with Crippen molar-refractivity contribution in [1.82, 2.24) is 0 Å². The Kier molecular flexibility index (Phi) is 7.82. The van der Waals surface area contributed by atoms with E-state index in [0.29, 0.717) is 26.4 Å². The minimum Gasteiger partial charge on any atom is -0.374 e. The molecule has 5 heteroatoms. The molecule has 5 nitrogen and oxygen atoms in total. The van der Waals surface area contributed by atoms with E-state index in [2.05, 4.69) is 0 Å². The van der Waals surface area contributed by atoms with Crippen LogP contribution in [0.25, 0.3) is 0 Å². The van der Waals surface area contributed by atoms with Gasteiger partial charge in [-0.1, -0.05) is 91.0 Å². The normalized spacial score (nSPS) is 23.1. The highest BCUT2D eigenvalue weighted by Gasteiger charge is 2.45. The van der Waals surface area contributed by atoms with Gasteiger partial charge in [0.2, 0.25) is 0 Å². The van der Waals surface area contributed by atoms with Crippen LogP contribution in [0.4, 0.5) is 0 Å². The smallest absolute Gasteiger partial charge is 0.184 e. The molecule has 1 aliphatic heterocycles. The van der Waals surface area contributed by atoms with Crippen LogP contribution in [0, 0.1) is 0 Å². The van der Waals surface area contributed by atoms with E-state index >= 15 is 0 Å². The van der Waals surface area contributed by atoms with Gasteiger partial charge in [-0.25, -0.2) is 0 Å². The van der Waals surface area contributed by atoms with Gasteiger partial charge >= 0.3 is 0 Å². The highest BCUT2D eigenvalue weighted by Crippen LogP contribution is 2.28. The average Bonchev–Trinajstić information content (AvgIpc) is 3.12. The van der Waals surface area contributed by atoms with Crippen LogP contribution < -0.4 is 0 Å². The van der Waals surface area contributed by atoms with Gasteiger partial charge in [-0.2, -0.15) is 0 Å². The lowest BCUT2D eigenvalue weighted by molar-refractivity contribution is -0.153. The molecule has 0 bridgehead atoms. The summed E-state index contributed by atoms with van der Waals surface area (Å²) >= 11 is 0. The number of benzene rings is 3. The Morgan fingerprint density at radius 1 is 0.613 bits per heavy atom. The summed E-state index contributed by atoms with van der Waals surface area (Å²) in [7, 11) is 0. The highest BCUT2D eigenvalue weighted by molar-refractivity contribution is 5.15. The van der Waals surface area contributed by atoms with Gasteiger partial charge in [0.25, 0.3) is 0 Å². The third-order valence-corrected chi connectivity index (χ3v) is 5.25. The van der Waals surface area contributed by atoms with Gasteiger partial charge < -0.3 is 24.1 Å². The van der Waals surface area contributed by atoms with E-state index in [-0.39, 0.29) is 0 Å². The Morgan fingerprint density at radius 2 is 1.06 bits per heavy atom. The molecule has 0 amide bonds. The summed E-state index contributed by atoms with van der Waals surface area (Å²) < 4.78 is 23.9. The number of hydrogen-bond donors (Lipinski definition) is 1. The molecule has 162 valence electrons. The summed E-state index contributed by atoms with van der Waals surface area (Å²) in [4.78, 5) is 0. The first-order valence-corrected chi connectivity index (χ1v) is 10.6. The molecule has 0 aliphatic carbocycles. The molecule has 0 saturated carbocycles. The van der Waals surface area contributed by atoms with Crippen LogP contribution >= 0.6 is 0 Å². The van der Waals surface area contributed by atoms with E-state index in [9.17, 15) is 5.11 Å². The minimum absolute atomic E-state index is 0.302. The van der Waals surface area contributed by atoms with E-state index in [1.54, 1.807) is 0 Å². The van der Waals surface area contributed by atoms with Crippen LogP contribution in [0.3, 0.4) is 0 Å². The fraction of sp³-hybridized carbons (Fsp3) is 0.308. The molecule has 0 spiro atoms. The molecule has 4 rings (SSSR count). The van der Waals surface area contributed by atoms with Crippen LogP contribution in [0.5, 0.6) is 0 Å². The molecule has 1 aliphatic rings. The molecule has 1 heterocycles. The highest BCUT2D eigenvalue weighted by atomic mass is 16.7. The van der Waals surface area contributed by atoms with Crippen molar-refractivity contribution in [2.45, 2.75) is 44.4 Å². The van der Waals surface area contributed by atoms with E-state index in [1.165, 1.54) is 0 Å². The van der Waals surface area contributed by atoms with Crippen molar-refractivity contribution in [3.8, 4) is 0 Å². The molecular weight excluding hydrogens is 392 g/mol. The van der Waals surface area contributed by atoms with Gasteiger partial charge in [0.15, 0.2) is 6.29 Å². The second kappa shape index (κ2) is 11.2. The predicted molar refractivity (Wildman–Crippen MR) is 117 cm³/mol. The first-order chi connectivity index (χ1) is 15.3. The van der Waals surface area contributed by atoms with E-state index in [4.69, 9.17) is 18.9 Å². The molecule has 1 N–H and O–H groups in total. The van der Waals surface area contributed by atoms with Gasteiger partial charge in [-0.3, -0.25) is 0 Å². The summed E-state index contributed by atoms with van der Waals surface area (Å²) in [6, 6.07) is 29.8. The van der Waals surface area contributed by atoms with Crippen molar-refractivity contribution in [3.05, 3.63) is 108 Å². The molecule has 0 radical (unpaired) electrons. The molecule has 1 saturated heterocycles. The Bertz CT molecular complexity index is 887. The van der Waals surface area contributed by atoms with Gasteiger partial charge in [0.1, 0.15) is 18.3 Å². The Morgan fingerprint density at radius 3 is 1.58 bits per heavy atom. The molecule has 1 fully saturated rings. The van der Waals surface area contributed by atoms with Gasteiger partial charge in [0, 0.05) is 0 Å². The summed E-state index contributed by atoms with van der Waals surface area (Å²) in [5, 5.41) is 10.5. The monoisotopic (exact) mass is 420 g/mol. The number of aliphatic hydroxyl groups is 1. The van der Waals surface area contributed by atoms with E-state index < -0.39 is 24.6 Å². The molecule has 31 heavy (non-hydrogen) atoms. The zero-order valence-corrected chi connectivity index (χ0v) is 17.4. The van der Waals surface area contributed by atoms with Crippen molar-refractivity contribution >= 4 is 0 Å². The summed E-state index contributed by atoms with van der Waals surface area (Å²) in [6.45, 7) is 1.55. The SMILES string of the molecule is OC1O[C@H](COCc2ccccc2)[C@H](OCc2ccccc2)C1OCc1ccccc1. The van der Waals surface area contributed by atoms with Gasteiger partial charge in [-0.05, 0) is 16.7 Å². The zero-order chi connectivity index (χ0) is 21.3. The number of aliphatic hydroxyl groups excluding tert-OH is 1. The first-order valence-electron chi connectivity index (χ1n) is 10.6. The van der Waals surface area contributed by atoms with Crippen molar-refractivity contribution in [2.75, 3.05) is 6.61 Å². The summed E-state index contributed by atoms with van der Waals surface area (Å²) in [5.74, 6) is 0. The Balaban J connectivity index is 1.39. The van der Waals surface area contributed by atoms with Crippen molar-refractivity contribution in [1.29, 1.82) is 0 Å². The fourth-order valence-electron chi connectivity index (χ4n) is 3.62. The van der Waals surface area contributed by atoms with Crippen LogP contribution in [0.2, 0.25) is 0 Å². The average molecular weight is 421 g/mol. The number of hydrogen-bond acceptors (Lipinski definition) is 5. The third-order valence-electron chi connectivity index (χ3n) is 5.25. The predicted octanol–water partition coefficient (Wildman–Crippen LogP) is 4.09. The Labute approximate surface area is 183 Å². The molecule has 3 aromatic carbocycles. The van der Waals surface area contributed by atoms with Crippen LogP contribution in [0.15, 0.2) is 91.0 Å². The molecular formula is C26H28O5. The maximum absolute atomic E-state index is 10.5. The third kappa shape index (κ3) is 6.23. The topological polar surface area (TPSA) is 57.2 Å². The number of ether oxygens (including phenoxy) is 4. The second-order valence-electron chi connectivity index (χ2n) is 7.59. The van der Waals surface area contributed by atoms with E-state index in [1.807, 2.05) is 91.0 Å². The molecule has 0 aromatic heterocycles. The van der Waals surface area contributed by atoms with Gasteiger partial charge in [0.05, 0.1) is 26.4 Å². The quantitative estimate of drug-likeness (QED) is 0.535. The standard InChI is InChI=1S/C26H28O5/c27-26-25(30-18-22-14-8-3-9-15-22)24(29-17-21-12-6-2-7-13-21)23(31-26)19-28-16-20-10-4-1-5-11-20/h1-15,23-27H,16-19H2/t23-,24+,25?,26?/m1/s1. The first kappa shape index (κ1) is 21.7. The largest absolute Gasteiger partial charge is 0.374 e. The lowest BCUT2D eigenvalue weighted by Crippen LogP contribution is -2.39. The van der Waals surface area contributed by atoms with Crippen LogP contribution in [-0.2, 0) is 38.8 Å². The number of rotatable bonds is 10. The summed E-state index contributed by atoms with van der Waals surface area (Å²) in [6.07, 6.45) is -2.55. The lowest BCUT2D eigenvalue weighted by Gasteiger charge is -2.24. The molecule has 3 aromatic rings. The van der Waals surface area contributed by atoms with Crippen molar-refractivity contribution in [3.63, 3.8) is 0 Å². The zero-order valence-electron chi connectivity index (χ0n) is 17.4. The minimum atomic E-state index is -1.07. The Hall–Kier alpha value is -2.54. The maximum atomic E-state index is 10.5. The molecule has 4 atom stereocenters. The lowest BCUT2D eigenvalue weighted by atomic mass is 10.1. The van der Waals surface area contributed by atoms with Crippen molar-refractivity contribution < 1.29 is 24.1 Å². The fourth-order valence-corrected chi connectivity index (χ4v) is 3.62. The maximum Gasteiger partial charge on any atom is 0.184 e. The molecule has 2 unspecified atom stereocenters. The van der Waals surface area contributed by atoms with Crippen LogP contribution in [0.1, 0.15) is 16.7 Å².